The maximum Gasteiger partial charge on any atom is 0.460 e. The van der Waals surface area contributed by atoms with E-state index in [1.807, 2.05) is 0 Å². The maximum absolute atomic E-state index is 14.0. The van der Waals surface area contributed by atoms with Crippen LogP contribution in [-0.4, -0.2) is 49.4 Å². The molecule has 0 amide bonds. The molecule has 0 aliphatic rings. The van der Waals surface area contributed by atoms with Crippen molar-refractivity contribution in [2.24, 2.45) is 0 Å². The summed E-state index contributed by atoms with van der Waals surface area (Å²) in [6.45, 7) is -0.603. The summed E-state index contributed by atoms with van der Waals surface area (Å²) in [7, 11) is 1.14. The van der Waals surface area contributed by atoms with Crippen LogP contribution in [0, 0.1) is 0 Å². The van der Waals surface area contributed by atoms with Crippen molar-refractivity contribution in [2.45, 2.75) is 48.3 Å². The number of methoxy groups -OCH3 is 1. The molecule has 0 spiro atoms. The lowest BCUT2D eigenvalue weighted by molar-refractivity contribution is -0.440. The molecule has 0 saturated heterocycles. The molecule has 32 heavy (non-hydrogen) atoms. The molecule has 0 aliphatic heterocycles. The molecule has 0 bridgehead atoms. The van der Waals surface area contributed by atoms with E-state index in [9.17, 15) is 61.9 Å². The number of ether oxygens (including phenoxy) is 2. The van der Waals surface area contributed by atoms with Gasteiger partial charge in [-0.05, 0) is 17.7 Å². The number of hydrogen-bond donors (Lipinski definition) is 0. The number of halogens is 13. The zero-order chi connectivity index (χ0) is 25.4. The van der Waals surface area contributed by atoms with Crippen LogP contribution in [0.25, 0.3) is 0 Å². The Morgan fingerprint density at radius 1 is 0.750 bits per heavy atom. The average molecular weight is 498 g/mol. The summed E-state index contributed by atoms with van der Waals surface area (Å²) >= 11 is 0. The quantitative estimate of drug-likeness (QED) is 0.292. The normalized spacial score (nSPS) is 15.3. The van der Waals surface area contributed by atoms with Crippen molar-refractivity contribution in [2.75, 3.05) is 7.11 Å². The number of rotatable bonds is 10. The van der Waals surface area contributed by atoms with Crippen LogP contribution >= 0.6 is 0 Å². The molecule has 0 N–H and O–H groups in total. The molecule has 1 aromatic carbocycles. The van der Waals surface area contributed by atoms with E-state index < -0.39 is 60.3 Å². The van der Waals surface area contributed by atoms with Crippen LogP contribution in [0.3, 0.4) is 0 Å². The summed E-state index contributed by atoms with van der Waals surface area (Å²) in [5.74, 6) is -37.5. The molecule has 1 unspecified atom stereocenters. The monoisotopic (exact) mass is 498 g/mol. The minimum absolute atomic E-state index is 0.0521. The lowest BCUT2D eigenvalue weighted by Gasteiger charge is -2.40. The molecule has 0 saturated carbocycles. The Labute approximate surface area is 170 Å². The van der Waals surface area contributed by atoms with Gasteiger partial charge in [0.05, 0.1) is 13.5 Å². The second-order valence-electron chi connectivity index (χ2n) is 6.20. The summed E-state index contributed by atoms with van der Waals surface area (Å²) in [5.41, 5.74) is -0.580. The number of alkyl halides is 13. The SMILES string of the molecule is COc1ccc(C(CC(F)(F)C(F)(F)C(F)(F)C(F)(F)C(F)(F)C(F)(F)F)OC=O)cc1. The number of carbonyl (C=O) groups is 1. The molecule has 0 heterocycles. The van der Waals surface area contributed by atoms with Gasteiger partial charge >= 0.3 is 35.8 Å². The fraction of sp³-hybridized carbons (Fsp3) is 0.562. The van der Waals surface area contributed by atoms with E-state index in [1.165, 1.54) is 0 Å². The van der Waals surface area contributed by atoms with E-state index in [2.05, 4.69) is 9.47 Å². The van der Waals surface area contributed by atoms with Gasteiger partial charge in [0.1, 0.15) is 11.9 Å². The molecule has 16 heteroatoms. The second kappa shape index (κ2) is 8.50. The predicted octanol–water partition coefficient (Wildman–Crippen LogP) is 6.04. The van der Waals surface area contributed by atoms with Crippen molar-refractivity contribution < 1.29 is 71.3 Å². The predicted molar refractivity (Wildman–Crippen MR) is 78.3 cm³/mol. The zero-order valence-electron chi connectivity index (χ0n) is 15.3. The summed E-state index contributed by atoms with van der Waals surface area (Å²) in [5, 5.41) is 0. The van der Waals surface area contributed by atoms with Crippen molar-refractivity contribution in [1.82, 2.24) is 0 Å². The maximum atomic E-state index is 14.0. The summed E-state index contributed by atoms with van der Waals surface area (Å²) in [4.78, 5) is 10.5. The first kappa shape index (κ1) is 27.6. The van der Waals surface area contributed by atoms with Gasteiger partial charge in [0, 0.05) is 0 Å². The van der Waals surface area contributed by atoms with Gasteiger partial charge in [-0.15, -0.1) is 0 Å². The molecule has 0 fully saturated rings. The number of carbonyl (C=O) groups excluding carboxylic acids is 1. The highest BCUT2D eigenvalue weighted by atomic mass is 19.4. The Morgan fingerprint density at radius 3 is 1.56 bits per heavy atom. The summed E-state index contributed by atoms with van der Waals surface area (Å²) in [6.07, 6.45) is -12.7. The zero-order valence-corrected chi connectivity index (χ0v) is 15.3. The van der Waals surface area contributed by atoms with Gasteiger partial charge in [-0.3, -0.25) is 4.79 Å². The third-order valence-corrected chi connectivity index (χ3v) is 4.15. The van der Waals surface area contributed by atoms with E-state index in [4.69, 9.17) is 0 Å². The topological polar surface area (TPSA) is 35.5 Å². The Balaban J connectivity index is 3.42. The lowest BCUT2D eigenvalue weighted by atomic mass is 9.90. The minimum Gasteiger partial charge on any atom is -0.497 e. The summed E-state index contributed by atoms with van der Waals surface area (Å²) < 4.78 is 180. The summed E-state index contributed by atoms with van der Waals surface area (Å²) in [6, 6.07) is 3.62. The molecule has 0 radical (unpaired) electrons. The van der Waals surface area contributed by atoms with E-state index >= 15 is 0 Å². The van der Waals surface area contributed by atoms with Crippen molar-refractivity contribution in [3.05, 3.63) is 29.8 Å². The standard InChI is InChI=1S/C16H11F13O3/c1-31-9-4-2-8(3-5-9)10(32-7-30)6-11(17,18)12(19,20)13(21,22)14(23,24)15(25,26)16(27,28)29/h2-5,7,10H,6H2,1H3. The van der Waals surface area contributed by atoms with Gasteiger partial charge in [-0.1, -0.05) is 12.1 Å². The first-order valence-corrected chi connectivity index (χ1v) is 7.90. The Hall–Kier alpha value is -2.42. The third-order valence-electron chi connectivity index (χ3n) is 4.15. The molecule has 0 aliphatic carbocycles. The smallest absolute Gasteiger partial charge is 0.460 e. The second-order valence-corrected chi connectivity index (χ2v) is 6.20. The van der Waals surface area contributed by atoms with Crippen LogP contribution in [0.5, 0.6) is 5.75 Å². The van der Waals surface area contributed by atoms with Gasteiger partial charge in [0.25, 0.3) is 6.47 Å². The van der Waals surface area contributed by atoms with Crippen LogP contribution in [0.15, 0.2) is 24.3 Å². The van der Waals surface area contributed by atoms with Crippen LogP contribution in [0.4, 0.5) is 57.1 Å². The van der Waals surface area contributed by atoms with Gasteiger partial charge < -0.3 is 9.47 Å². The Kier molecular flexibility index (Phi) is 7.33. The molecular weight excluding hydrogens is 487 g/mol. The van der Waals surface area contributed by atoms with E-state index in [-0.39, 0.29) is 5.75 Å². The number of hydrogen-bond acceptors (Lipinski definition) is 3. The average Bonchev–Trinajstić information content (AvgIpc) is 2.66. The molecule has 3 nitrogen and oxygen atoms in total. The molecular formula is C16H11F13O3. The van der Waals surface area contributed by atoms with Gasteiger partial charge in [-0.2, -0.15) is 57.1 Å². The van der Waals surface area contributed by atoms with E-state index in [0.29, 0.717) is 0 Å². The Bertz CT molecular complexity index is 787. The Morgan fingerprint density at radius 2 is 1.19 bits per heavy atom. The van der Waals surface area contributed by atoms with Crippen molar-refractivity contribution >= 4 is 6.47 Å². The highest BCUT2D eigenvalue weighted by Crippen LogP contribution is 2.61. The van der Waals surface area contributed by atoms with E-state index in [1.54, 1.807) is 0 Å². The minimum atomic E-state index is -7.99. The largest absolute Gasteiger partial charge is 0.497 e. The lowest BCUT2D eigenvalue weighted by Crippen LogP contribution is -2.70. The third kappa shape index (κ3) is 4.40. The van der Waals surface area contributed by atoms with Crippen LogP contribution in [0.1, 0.15) is 18.1 Å². The molecule has 184 valence electrons. The van der Waals surface area contributed by atoms with Gasteiger partial charge in [-0.25, -0.2) is 0 Å². The van der Waals surface area contributed by atoms with Crippen LogP contribution in [0.2, 0.25) is 0 Å². The fourth-order valence-corrected chi connectivity index (χ4v) is 2.29. The van der Waals surface area contributed by atoms with Crippen LogP contribution < -0.4 is 4.74 Å². The van der Waals surface area contributed by atoms with Gasteiger partial charge in [0.15, 0.2) is 0 Å². The number of benzene rings is 1. The van der Waals surface area contributed by atoms with E-state index in [0.717, 1.165) is 31.4 Å². The van der Waals surface area contributed by atoms with Gasteiger partial charge in [0.2, 0.25) is 0 Å². The van der Waals surface area contributed by atoms with Crippen molar-refractivity contribution in [3.63, 3.8) is 0 Å². The first-order chi connectivity index (χ1) is 14.2. The molecule has 0 aromatic heterocycles. The first-order valence-electron chi connectivity index (χ1n) is 7.90. The fourth-order valence-electron chi connectivity index (χ4n) is 2.29. The highest BCUT2D eigenvalue weighted by Gasteiger charge is 2.90. The van der Waals surface area contributed by atoms with Crippen LogP contribution in [-0.2, 0) is 9.53 Å². The van der Waals surface area contributed by atoms with Crippen molar-refractivity contribution in [3.8, 4) is 5.75 Å². The molecule has 1 aromatic rings. The highest BCUT2D eigenvalue weighted by molar-refractivity contribution is 5.39. The molecule has 1 rings (SSSR count). The molecule has 1 atom stereocenters. The van der Waals surface area contributed by atoms with Crippen molar-refractivity contribution in [1.29, 1.82) is 0 Å².